The van der Waals surface area contributed by atoms with Crippen molar-refractivity contribution in [3.8, 4) is 5.75 Å². The van der Waals surface area contributed by atoms with Gasteiger partial charge in [-0.2, -0.15) is 13.2 Å². The van der Waals surface area contributed by atoms with Gasteiger partial charge in [-0.1, -0.05) is 5.16 Å². The van der Waals surface area contributed by atoms with Gasteiger partial charge in [0.2, 0.25) is 0 Å². The lowest BCUT2D eigenvalue weighted by atomic mass is 9.95. The number of fused-ring (bicyclic) bond motifs is 1. The number of benzene rings is 1. The summed E-state index contributed by atoms with van der Waals surface area (Å²) in [4.78, 5) is 14.3. The van der Waals surface area contributed by atoms with Crippen molar-refractivity contribution in [2.45, 2.75) is 12.3 Å². The number of rotatable bonds is 2. The number of carboxylic acids is 1. The molecule has 0 radical (unpaired) electrons. The molecule has 0 unspecified atom stereocenters. The highest BCUT2D eigenvalue weighted by molar-refractivity contribution is 6.03. The van der Waals surface area contributed by atoms with Gasteiger partial charge in [-0.25, -0.2) is 4.79 Å². The van der Waals surface area contributed by atoms with E-state index in [4.69, 9.17) is 19.5 Å². The van der Waals surface area contributed by atoms with Gasteiger partial charge in [0.15, 0.2) is 0 Å². The maximum absolute atomic E-state index is 10.6. The van der Waals surface area contributed by atoms with Crippen LogP contribution in [0, 0.1) is 5.92 Å². The van der Waals surface area contributed by atoms with Crippen LogP contribution >= 0.6 is 0 Å². The smallest absolute Gasteiger partial charge is 0.490 e. The van der Waals surface area contributed by atoms with Crippen molar-refractivity contribution in [1.82, 2.24) is 5.32 Å². The Kier molecular flexibility index (Phi) is 5.09. The molecular formula is C14H15F3N2O4. The third kappa shape index (κ3) is 4.13. The summed E-state index contributed by atoms with van der Waals surface area (Å²) in [6, 6.07) is 7.96. The molecule has 1 aromatic carbocycles. The lowest BCUT2D eigenvalue weighted by Gasteiger charge is -2.08. The lowest BCUT2D eigenvalue weighted by Crippen LogP contribution is -2.21. The van der Waals surface area contributed by atoms with Crippen LogP contribution in [0.1, 0.15) is 5.56 Å². The maximum atomic E-state index is 10.6. The number of alkyl halides is 3. The average Bonchev–Trinajstić information content (AvgIpc) is 3.10. The highest BCUT2D eigenvalue weighted by Gasteiger charge is 2.39. The molecule has 2 heterocycles. The number of aliphatic carboxylic acids is 1. The first-order chi connectivity index (χ1) is 10.8. The van der Waals surface area contributed by atoms with Crippen LogP contribution in [0.3, 0.4) is 0 Å². The first kappa shape index (κ1) is 17.1. The molecule has 2 aliphatic rings. The van der Waals surface area contributed by atoms with E-state index in [0.29, 0.717) is 5.92 Å². The first-order valence-electron chi connectivity index (χ1n) is 6.72. The summed E-state index contributed by atoms with van der Waals surface area (Å²) in [5.74, 6) is -1.50. The van der Waals surface area contributed by atoms with Gasteiger partial charge in [0, 0.05) is 18.7 Å². The van der Waals surface area contributed by atoms with E-state index in [2.05, 4.69) is 10.5 Å². The molecule has 6 nitrogen and oxygen atoms in total. The van der Waals surface area contributed by atoms with Gasteiger partial charge in [0.1, 0.15) is 11.9 Å². The van der Waals surface area contributed by atoms with Crippen LogP contribution in [-0.4, -0.2) is 49.3 Å². The molecule has 2 aliphatic heterocycles. The molecule has 1 fully saturated rings. The maximum Gasteiger partial charge on any atom is 0.490 e. The molecule has 23 heavy (non-hydrogen) atoms. The molecule has 0 aromatic heterocycles. The number of nitrogens with one attached hydrogen (secondary N) is 1. The number of carbonyl (C=O) groups is 1. The fraction of sp³-hybridized carbons (Fsp3) is 0.429. The molecule has 0 spiro atoms. The Morgan fingerprint density at radius 3 is 2.48 bits per heavy atom. The number of hydrogen-bond donors (Lipinski definition) is 2. The van der Waals surface area contributed by atoms with Gasteiger partial charge in [-0.3, -0.25) is 0 Å². The van der Waals surface area contributed by atoms with E-state index in [1.165, 1.54) is 0 Å². The molecule has 3 rings (SSSR count). The monoisotopic (exact) mass is 332 g/mol. The number of hydrogen-bond acceptors (Lipinski definition) is 5. The second-order valence-electron chi connectivity index (χ2n) is 4.92. The number of ether oxygens (including phenoxy) is 1. The summed E-state index contributed by atoms with van der Waals surface area (Å²) < 4.78 is 36.9. The number of methoxy groups -OCH3 is 1. The fourth-order valence-corrected chi connectivity index (χ4v) is 2.26. The summed E-state index contributed by atoms with van der Waals surface area (Å²) in [5.41, 5.74) is 2.18. The Hall–Kier alpha value is -2.29. The fourth-order valence-electron chi connectivity index (χ4n) is 2.26. The zero-order valence-corrected chi connectivity index (χ0v) is 12.1. The van der Waals surface area contributed by atoms with Crippen LogP contribution in [0.4, 0.5) is 13.2 Å². The van der Waals surface area contributed by atoms with E-state index in [1.54, 1.807) is 7.11 Å². The van der Waals surface area contributed by atoms with E-state index in [9.17, 15) is 13.2 Å². The van der Waals surface area contributed by atoms with E-state index < -0.39 is 12.1 Å². The predicted octanol–water partition coefficient (Wildman–Crippen LogP) is 1.65. The summed E-state index contributed by atoms with van der Waals surface area (Å²) in [5, 5.41) is 14.6. The lowest BCUT2D eigenvalue weighted by molar-refractivity contribution is -0.192. The van der Waals surface area contributed by atoms with Crippen molar-refractivity contribution in [3.63, 3.8) is 0 Å². The zero-order chi connectivity index (χ0) is 17.0. The molecule has 2 N–H and O–H groups in total. The van der Waals surface area contributed by atoms with Crippen LogP contribution in [0.5, 0.6) is 5.75 Å². The van der Waals surface area contributed by atoms with E-state index in [0.717, 1.165) is 30.1 Å². The second kappa shape index (κ2) is 6.86. The van der Waals surface area contributed by atoms with E-state index >= 15 is 0 Å². The number of nitrogens with zero attached hydrogens (tertiary/aromatic N) is 1. The Balaban J connectivity index is 0.000000236. The van der Waals surface area contributed by atoms with E-state index in [-0.39, 0.29) is 6.10 Å². The van der Waals surface area contributed by atoms with Crippen molar-refractivity contribution in [2.24, 2.45) is 11.1 Å². The van der Waals surface area contributed by atoms with Crippen LogP contribution in [0.2, 0.25) is 0 Å². The molecule has 126 valence electrons. The molecule has 0 bridgehead atoms. The van der Waals surface area contributed by atoms with Gasteiger partial charge in [0.25, 0.3) is 0 Å². The molecule has 9 heteroatoms. The topological polar surface area (TPSA) is 80.2 Å². The van der Waals surface area contributed by atoms with E-state index in [1.807, 2.05) is 24.3 Å². The minimum atomic E-state index is -5.08. The predicted molar refractivity (Wildman–Crippen MR) is 74.5 cm³/mol. The summed E-state index contributed by atoms with van der Waals surface area (Å²) in [6.07, 6.45) is -4.86. The molecule has 0 aliphatic carbocycles. The normalized spacial score (nSPS) is 22.3. The van der Waals surface area contributed by atoms with Gasteiger partial charge in [-0.05, 0) is 24.3 Å². The largest absolute Gasteiger partial charge is 0.497 e. The minimum absolute atomic E-state index is 0.220. The standard InChI is InChI=1S/C12H14N2O2.C2HF3O2/c1-15-9-4-2-8(3-5-9)12-10-6-13-7-11(10)16-14-12;3-2(4,5)1(6)7/h2-5,10-11,13H,6-7H2,1H3;(H,6,7)/t10-,11+;/m0./s1. The Morgan fingerprint density at radius 2 is 1.96 bits per heavy atom. The number of halogens is 3. The van der Waals surface area contributed by atoms with Gasteiger partial charge in [-0.15, -0.1) is 0 Å². The van der Waals surface area contributed by atoms with Crippen molar-refractivity contribution in [1.29, 1.82) is 0 Å². The number of carboxylic acid groups (broad SMARTS) is 1. The van der Waals surface area contributed by atoms with Crippen molar-refractivity contribution in [2.75, 3.05) is 20.2 Å². The first-order valence-corrected chi connectivity index (χ1v) is 6.72. The third-order valence-corrected chi connectivity index (χ3v) is 3.42. The SMILES string of the molecule is COc1ccc(C2=NO[C@@H]3CNC[C@H]23)cc1.O=C(O)C(F)(F)F. The Bertz CT molecular complexity index is 587. The van der Waals surface area contributed by atoms with Crippen molar-refractivity contribution in [3.05, 3.63) is 29.8 Å². The Morgan fingerprint density at radius 1 is 1.35 bits per heavy atom. The van der Waals surface area contributed by atoms with Gasteiger partial charge < -0.3 is 20.0 Å². The van der Waals surface area contributed by atoms with Gasteiger partial charge >= 0.3 is 12.1 Å². The average molecular weight is 332 g/mol. The quantitative estimate of drug-likeness (QED) is 0.861. The minimum Gasteiger partial charge on any atom is -0.497 e. The molecule has 2 atom stereocenters. The van der Waals surface area contributed by atoms with Crippen LogP contribution in [-0.2, 0) is 9.63 Å². The Labute approximate surface area is 129 Å². The summed E-state index contributed by atoms with van der Waals surface area (Å²) in [7, 11) is 1.67. The highest BCUT2D eigenvalue weighted by atomic mass is 19.4. The molecule has 1 saturated heterocycles. The van der Waals surface area contributed by atoms with Crippen molar-refractivity contribution >= 4 is 11.7 Å². The molecular weight excluding hydrogens is 317 g/mol. The summed E-state index contributed by atoms with van der Waals surface area (Å²) >= 11 is 0. The van der Waals surface area contributed by atoms with Crippen LogP contribution < -0.4 is 10.1 Å². The van der Waals surface area contributed by atoms with Crippen molar-refractivity contribution < 1.29 is 32.6 Å². The third-order valence-electron chi connectivity index (χ3n) is 3.42. The molecule has 1 aromatic rings. The second-order valence-corrected chi connectivity index (χ2v) is 4.92. The summed E-state index contributed by atoms with van der Waals surface area (Å²) in [6.45, 7) is 1.85. The molecule has 0 saturated carbocycles. The molecule has 0 amide bonds. The van der Waals surface area contributed by atoms with Gasteiger partial charge in [0.05, 0.1) is 18.7 Å². The highest BCUT2D eigenvalue weighted by Crippen LogP contribution is 2.26. The zero-order valence-electron chi connectivity index (χ0n) is 12.1. The van der Waals surface area contributed by atoms with Crippen LogP contribution in [0.15, 0.2) is 29.4 Å². The van der Waals surface area contributed by atoms with Crippen LogP contribution in [0.25, 0.3) is 0 Å². The number of oxime groups is 1.